The molecule has 8 heteroatoms. The first-order valence-corrected chi connectivity index (χ1v) is 2.19. The van der Waals surface area contributed by atoms with E-state index in [1.165, 1.54) is 0 Å². The summed E-state index contributed by atoms with van der Waals surface area (Å²) in [4.78, 5) is 25.6. The van der Waals surface area contributed by atoms with E-state index >= 15 is 0 Å². The minimum Gasteiger partial charge on any atom is -0.822 e. The molecule has 0 aliphatic heterocycles. The van der Waals surface area contributed by atoms with Gasteiger partial charge in [-0.05, 0) is 0 Å². The van der Waals surface area contributed by atoms with E-state index in [2.05, 4.69) is 0 Å². The van der Waals surface area contributed by atoms with Gasteiger partial charge in [0, 0.05) is 0 Å². The molecule has 8 heavy (non-hydrogen) atoms. The van der Waals surface area contributed by atoms with E-state index in [0.717, 1.165) is 0 Å². The van der Waals surface area contributed by atoms with Crippen molar-refractivity contribution in [1.82, 2.24) is 0 Å². The molecule has 0 atom stereocenters. The van der Waals surface area contributed by atoms with Crippen molar-refractivity contribution < 1.29 is 45.4 Å². The largest absolute Gasteiger partial charge is 4.00 e. The van der Waals surface area contributed by atoms with Crippen LogP contribution >= 0.6 is 7.82 Å². The van der Waals surface area contributed by atoms with Crippen molar-refractivity contribution in [1.29, 1.82) is 0 Å². The van der Waals surface area contributed by atoms with E-state index < -0.39 is 7.82 Å². The molecule has 0 fully saturated rings. The number of rotatable bonds is 0. The fourth-order valence-electron chi connectivity index (χ4n) is 0. The van der Waals surface area contributed by atoms with Gasteiger partial charge in [0.05, 0.1) is 0 Å². The normalized spacial score (nSPS) is 7.38. The second kappa shape index (κ2) is 10.0. The smallest absolute Gasteiger partial charge is 0.822 e. The van der Waals surface area contributed by atoms with Crippen molar-refractivity contribution in [2.24, 2.45) is 0 Å². The summed E-state index contributed by atoms with van der Waals surface area (Å²) in [5.41, 5.74) is 0. The average molecular weight is 251 g/mol. The van der Waals surface area contributed by atoms with Crippen LogP contribution in [0.3, 0.4) is 0 Å². The molecular weight excluding hydrogens is 251 g/mol. The zero-order chi connectivity index (χ0) is 4.50. The summed E-state index contributed by atoms with van der Waals surface area (Å²) in [5, 5.41) is 0. The molecule has 0 aliphatic rings. The third-order valence-corrected chi connectivity index (χ3v) is 0. The molecule has 0 aromatic heterocycles. The van der Waals surface area contributed by atoms with E-state index in [1.807, 2.05) is 0 Å². The van der Waals surface area contributed by atoms with Crippen LogP contribution in [0.2, 0.25) is 0 Å². The second-order valence-corrected chi connectivity index (χ2v) is 1.34. The summed E-state index contributed by atoms with van der Waals surface area (Å²) in [5.74, 6) is 0. The van der Waals surface area contributed by atoms with Gasteiger partial charge >= 0.3 is 87.0 Å². The average Bonchev–Trinajstić information content (AvgIpc) is 0.722. The van der Waals surface area contributed by atoms with Crippen LogP contribution in [-0.2, 0) is 30.8 Å². The molecule has 0 amide bonds. The SMILES string of the molecule is O=P([O-])([O-])[O-].[Ca+2].[Mg+2].[Zr+4]. The van der Waals surface area contributed by atoms with E-state index in [4.69, 9.17) is 19.2 Å². The summed E-state index contributed by atoms with van der Waals surface area (Å²) in [6.45, 7) is 0. The van der Waals surface area contributed by atoms with Crippen LogP contribution < -0.4 is 14.7 Å². The Hall–Kier alpha value is 3.02. The van der Waals surface area contributed by atoms with Crippen LogP contribution in [0.25, 0.3) is 0 Å². The van der Waals surface area contributed by atoms with Gasteiger partial charge in [0.1, 0.15) is 0 Å². The molecule has 0 bridgehead atoms. The predicted molar refractivity (Wildman–Crippen MR) is 19.1 cm³/mol. The van der Waals surface area contributed by atoms with Gasteiger partial charge in [0.15, 0.2) is 0 Å². The first kappa shape index (κ1) is 22.5. The quantitative estimate of drug-likeness (QED) is 0.329. The molecule has 0 aromatic rings. The third kappa shape index (κ3) is 63.6. The van der Waals surface area contributed by atoms with Crippen LogP contribution in [-0.4, -0.2) is 60.8 Å². The molecule has 4 nitrogen and oxygen atoms in total. The van der Waals surface area contributed by atoms with Crippen LogP contribution in [0, 0.1) is 0 Å². The standard InChI is InChI=1S/Ca.Mg.H3O4P.Zr/c;;1-5(2,3)4;/h;;(H3,1,2,3,4);/q2*+2;;+4/p-3. The summed E-state index contributed by atoms with van der Waals surface area (Å²) < 4.78 is 8.55. The van der Waals surface area contributed by atoms with Gasteiger partial charge < -0.3 is 19.2 Å². The topological polar surface area (TPSA) is 86.2 Å². The maximum absolute atomic E-state index is 8.55. The van der Waals surface area contributed by atoms with Gasteiger partial charge in [0.2, 0.25) is 0 Å². The van der Waals surface area contributed by atoms with Crippen LogP contribution in [0.15, 0.2) is 0 Å². The Morgan fingerprint density at radius 2 is 1.12 bits per heavy atom. The van der Waals surface area contributed by atoms with E-state index in [-0.39, 0.29) is 87.0 Å². The molecular formula is CaMgO4PZr+5. The number of hydrogen-bond acceptors (Lipinski definition) is 4. The Balaban J connectivity index is -0.0000000267. The molecule has 0 spiro atoms. The fourth-order valence-corrected chi connectivity index (χ4v) is 0. The first-order chi connectivity index (χ1) is 2.00. The van der Waals surface area contributed by atoms with Gasteiger partial charge in [0.25, 0.3) is 0 Å². The van der Waals surface area contributed by atoms with Crippen LogP contribution in [0.4, 0.5) is 0 Å². The van der Waals surface area contributed by atoms with Crippen molar-refractivity contribution in [3.63, 3.8) is 0 Å². The summed E-state index contributed by atoms with van der Waals surface area (Å²) in [6.07, 6.45) is 0. The van der Waals surface area contributed by atoms with Gasteiger partial charge in [-0.15, -0.1) is 0 Å². The Labute approximate surface area is 112 Å². The molecule has 0 rings (SSSR count). The Morgan fingerprint density at radius 3 is 1.12 bits per heavy atom. The zero-order valence-corrected chi connectivity index (χ0v) is 11.0. The summed E-state index contributed by atoms with van der Waals surface area (Å²) in [7, 11) is -5.39. The minimum absolute atomic E-state index is 0. The van der Waals surface area contributed by atoms with Crippen molar-refractivity contribution in [2.75, 3.05) is 0 Å². The molecule has 0 unspecified atom stereocenters. The van der Waals surface area contributed by atoms with Crippen LogP contribution in [0.1, 0.15) is 0 Å². The minimum atomic E-state index is -5.39. The summed E-state index contributed by atoms with van der Waals surface area (Å²) >= 11 is 0. The third-order valence-electron chi connectivity index (χ3n) is 0. The Morgan fingerprint density at radius 1 is 1.12 bits per heavy atom. The Kier molecular flexibility index (Phi) is 28.1. The van der Waals surface area contributed by atoms with Crippen LogP contribution in [0.5, 0.6) is 0 Å². The van der Waals surface area contributed by atoms with Gasteiger partial charge in [-0.25, -0.2) is 0 Å². The van der Waals surface area contributed by atoms with E-state index in [9.17, 15) is 0 Å². The van der Waals surface area contributed by atoms with E-state index in [0.29, 0.717) is 0 Å². The van der Waals surface area contributed by atoms with Crippen molar-refractivity contribution in [2.45, 2.75) is 0 Å². The molecule has 0 saturated heterocycles. The van der Waals surface area contributed by atoms with Gasteiger partial charge in [-0.2, -0.15) is 7.82 Å². The zero-order valence-electron chi connectivity index (χ0n) is 3.99. The molecule has 0 N–H and O–H groups in total. The van der Waals surface area contributed by atoms with Gasteiger partial charge in [-0.1, -0.05) is 0 Å². The second-order valence-electron chi connectivity index (χ2n) is 0.447. The van der Waals surface area contributed by atoms with E-state index in [1.54, 1.807) is 0 Å². The predicted octanol–water partition coefficient (Wildman–Crippen LogP) is -3.59. The fraction of sp³-hybridized carbons (Fsp3) is 0. The van der Waals surface area contributed by atoms with Crippen molar-refractivity contribution >= 4 is 68.6 Å². The summed E-state index contributed by atoms with van der Waals surface area (Å²) in [6, 6.07) is 0. The Bertz CT molecular complexity index is 62.2. The number of hydrogen-bond donors (Lipinski definition) is 0. The molecule has 0 heterocycles. The molecule has 0 aliphatic carbocycles. The monoisotopic (exact) mass is 249 g/mol. The number of phosphoric acid groups is 1. The maximum atomic E-state index is 8.55. The molecule has 0 aromatic carbocycles. The van der Waals surface area contributed by atoms with Crippen molar-refractivity contribution in [3.05, 3.63) is 0 Å². The molecule has 0 saturated carbocycles. The van der Waals surface area contributed by atoms with Crippen molar-refractivity contribution in [3.8, 4) is 0 Å². The van der Waals surface area contributed by atoms with Gasteiger partial charge in [-0.3, -0.25) is 0 Å². The molecule has 0 radical (unpaired) electrons. The molecule has 32 valence electrons. The maximum Gasteiger partial charge on any atom is 4.00 e. The first-order valence-electron chi connectivity index (χ1n) is 0.730.